The topological polar surface area (TPSA) is 29.9 Å². The molecule has 0 bridgehead atoms. The highest BCUT2D eigenvalue weighted by Gasteiger charge is 2.09. The third-order valence-electron chi connectivity index (χ3n) is 3.71. The zero-order chi connectivity index (χ0) is 15.4. The third-order valence-corrected chi connectivity index (χ3v) is 3.71. The first-order chi connectivity index (χ1) is 10.8. The molecule has 3 rings (SSSR count). The van der Waals surface area contributed by atoms with Crippen LogP contribution in [0.1, 0.15) is 24.7 Å². The Balaban J connectivity index is 1.72. The second kappa shape index (κ2) is 6.71. The lowest BCUT2D eigenvalue weighted by Crippen LogP contribution is -2.16. The maximum Gasteiger partial charge on any atom is 0.123 e. The van der Waals surface area contributed by atoms with Crippen LogP contribution in [-0.2, 0) is 19.6 Å². The van der Waals surface area contributed by atoms with Crippen molar-refractivity contribution in [2.45, 2.75) is 33.0 Å². The largest absolute Gasteiger partial charge is 0.327 e. The molecule has 1 aromatic heterocycles. The minimum absolute atomic E-state index is 0.200. The van der Waals surface area contributed by atoms with Gasteiger partial charge in [-0.1, -0.05) is 31.2 Å². The quantitative estimate of drug-likeness (QED) is 0.748. The summed E-state index contributed by atoms with van der Waals surface area (Å²) < 4.78 is 15.2. The van der Waals surface area contributed by atoms with Crippen molar-refractivity contribution >= 4 is 11.0 Å². The van der Waals surface area contributed by atoms with Crippen molar-refractivity contribution in [3.05, 3.63) is 65.7 Å². The number of hydrogen-bond donors (Lipinski definition) is 1. The molecule has 0 spiro atoms. The smallest absolute Gasteiger partial charge is 0.123 e. The SMILES string of the molecule is CCCn1c(CNCc2ccc(F)cc2)nc2ccccc21. The second-order valence-corrected chi connectivity index (χ2v) is 5.40. The van der Waals surface area contributed by atoms with E-state index in [1.54, 1.807) is 12.1 Å². The Morgan fingerprint density at radius 1 is 1.05 bits per heavy atom. The van der Waals surface area contributed by atoms with E-state index in [9.17, 15) is 4.39 Å². The van der Waals surface area contributed by atoms with Gasteiger partial charge in [-0.2, -0.15) is 0 Å². The number of aryl methyl sites for hydroxylation is 1. The van der Waals surface area contributed by atoms with E-state index in [0.29, 0.717) is 13.1 Å². The fraction of sp³-hybridized carbons (Fsp3) is 0.278. The summed E-state index contributed by atoms with van der Waals surface area (Å²) >= 11 is 0. The lowest BCUT2D eigenvalue weighted by molar-refractivity contribution is 0.596. The highest BCUT2D eigenvalue weighted by atomic mass is 19.1. The number of rotatable bonds is 6. The minimum Gasteiger partial charge on any atom is -0.327 e. The summed E-state index contributed by atoms with van der Waals surface area (Å²) in [5, 5.41) is 3.39. The summed E-state index contributed by atoms with van der Waals surface area (Å²) in [5.74, 6) is 0.846. The number of fused-ring (bicyclic) bond motifs is 1. The summed E-state index contributed by atoms with van der Waals surface area (Å²) in [6.07, 6.45) is 1.07. The lowest BCUT2D eigenvalue weighted by Gasteiger charge is -2.09. The maximum atomic E-state index is 12.9. The molecule has 4 heteroatoms. The maximum absolute atomic E-state index is 12.9. The summed E-state index contributed by atoms with van der Waals surface area (Å²) in [4.78, 5) is 4.72. The summed E-state index contributed by atoms with van der Waals surface area (Å²) in [5.41, 5.74) is 3.29. The number of nitrogens with zero attached hydrogens (tertiary/aromatic N) is 2. The summed E-state index contributed by atoms with van der Waals surface area (Å²) in [6.45, 7) is 4.54. The molecule has 0 aliphatic carbocycles. The molecule has 0 radical (unpaired) electrons. The van der Waals surface area contributed by atoms with Gasteiger partial charge in [0.1, 0.15) is 11.6 Å². The standard InChI is InChI=1S/C18H20FN3/c1-2-11-22-17-6-4-3-5-16(17)21-18(22)13-20-12-14-7-9-15(19)10-8-14/h3-10,20H,2,11-13H2,1H3. The predicted molar refractivity (Wildman–Crippen MR) is 87.0 cm³/mol. The molecule has 0 atom stereocenters. The van der Waals surface area contributed by atoms with Gasteiger partial charge in [0.05, 0.1) is 17.6 Å². The van der Waals surface area contributed by atoms with Crippen LogP contribution in [0.2, 0.25) is 0 Å². The first-order valence-electron chi connectivity index (χ1n) is 7.67. The van der Waals surface area contributed by atoms with E-state index < -0.39 is 0 Å². The molecule has 0 saturated carbocycles. The normalized spacial score (nSPS) is 11.2. The molecule has 0 aliphatic heterocycles. The molecule has 0 amide bonds. The van der Waals surface area contributed by atoms with Crippen molar-refractivity contribution in [1.82, 2.24) is 14.9 Å². The molecule has 2 aromatic carbocycles. The number of benzene rings is 2. The highest BCUT2D eigenvalue weighted by Crippen LogP contribution is 2.16. The van der Waals surface area contributed by atoms with Crippen molar-refractivity contribution < 1.29 is 4.39 Å². The fourth-order valence-electron chi connectivity index (χ4n) is 2.65. The van der Waals surface area contributed by atoms with Gasteiger partial charge in [0.15, 0.2) is 0 Å². The number of para-hydroxylation sites is 2. The number of hydrogen-bond acceptors (Lipinski definition) is 2. The Kier molecular flexibility index (Phi) is 4.49. The van der Waals surface area contributed by atoms with Crippen LogP contribution in [0.4, 0.5) is 4.39 Å². The summed E-state index contributed by atoms with van der Waals surface area (Å²) in [7, 11) is 0. The Labute approximate surface area is 129 Å². The van der Waals surface area contributed by atoms with Gasteiger partial charge in [0.2, 0.25) is 0 Å². The van der Waals surface area contributed by atoms with Crippen LogP contribution in [0, 0.1) is 5.82 Å². The Morgan fingerprint density at radius 2 is 1.82 bits per heavy atom. The van der Waals surface area contributed by atoms with E-state index in [1.807, 2.05) is 18.2 Å². The highest BCUT2D eigenvalue weighted by molar-refractivity contribution is 5.75. The van der Waals surface area contributed by atoms with Crippen LogP contribution < -0.4 is 5.32 Å². The summed E-state index contributed by atoms with van der Waals surface area (Å²) in [6, 6.07) is 14.8. The first-order valence-corrected chi connectivity index (χ1v) is 7.67. The van der Waals surface area contributed by atoms with E-state index in [0.717, 1.165) is 29.9 Å². The van der Waals surface area contributed by atoms with E-state index in [4.69, 9.17) is 4.98 Å². The van der Waals surface area contributed by atoms with Gasteiger partial charge < -0.3 is 9.88 Å². The molecule has 0 aliphatic rings. The van der Waals surface area contributed by atoms with Crippen LogP contribution in [0.3, 0.4) is 0 Å². The molecule has 0 unspecified atom stereocenters. The Hall–Kier alpha value is -2.20. The van der Waals surface area contributed by atoms with Crippen molar-refractivity contribution in [2.24, 2.45) is 0 Å². The van der Waals surface area contributed by atoms with Gasteiger partial charge in [-0.15, -0.1) is 0 Å². The molecule has 114 valence electrons. The van der Waals surface area contributed by atoms with Gasteiger partial charge in [-0.05, 0) is 36.2 Å². The second-order valence-electron chi connectivity index (χ2n) is 5.40. The fourth-order valence-corrected chi connectivity index (χ4v) is 2.65. The average Bonchev–Trinajstić information content (AvgIpc) is 2.88. The molecule has 0 fully saturated rings. The molecule has 3 aromatic rings. The monoisotopic (exact) mass is 297 g/mol. The number of nitrogens with one attached hydrogen (secondary N) is 1. The molecule has 22 heavy (non-hydrogen) atoms. The van der Waals surface area contributed by atoms with Gasteiger partial charge in [0, 0.05) is 13.1 Å². The predicted octanol–water partition coefficient (Wildman–Crippen LogP) is 3.88. The zero-order valence-electron chi connectivity index (χ0n) is 12.7. The van der Waals surface area contributed by atoms with Crippen LogP contribution in [0.15, 0.2) is 48.5 Å². The molecular weight excluding hydrogens is 277 g/mol. The van der Waals surface area contributed by atoms with E-state index >= 15 is 0 Å². The zero-order valence-corrected chi connectivity index (χ0v) is 12.7. The molecule has 1 heterocycles. The van der Waals surface area contributed by atoms with Crippen LogP contribution in [0.5, 0.6) is 0 Å². The average molecular weight is 297 g/mol. The molecule has 1 N–H and O–H groups in total. The molecule has 0 saturated heterocycles. The van der Waals surface area contributed by atoms with Crippen molar-refractivity contribution in [3.8, 4) is 0 Å². The van der Waals surface area contributed by atoms with E-state index in [-0.39, 0.29) is 5.82 Å². The minimum atomic E-state index is -0.200. The van der Waals surface area contributed by atoms with Gasteiger partial charge in [-0.3, -0.25) is 0 Å². The van der Waals surface area contributed by atoms with Gasteiger partial charge in [-0.25, -0.2) is 9.37 Å². The number of aromatic nitrogens is 2. The Morgan fingerprint density at radius 3 is 2.59 bits per heavy atom. The van der Waals surface area contributed by atoms with Crippen LogP contribution >= 0.6 is 0 Å². The van der Waals surface area contributed by atoms with Crippen LogP contribution in [-0.4, -0.2) is 9.55 Å². The van der Waals surface area contributed by atoms with E-state index in [2.05, 4.69) is 22.9 Å². The molecule has 3 nitrogen and oxygen atoms in total. The number of halogens is 1. The lowest BCUT2D eigenvalue weighted by atomic mass is 10.2. The number of imidazole rings is 1. The van der Waals surface area contributed by atoms with Crippen LogP contribution in [0.25, 0.3) is 11.0 Å². The van der Waals surface area contributed by atoms with Crippen molar-refractivity contribution in [1.29, 1.82) is 0 Å². The van der Waals surface area contributed by atoms with Gasteiger partial charge >= 0.3 is 0 Å². The third kappa shape index (κ3) is 3.17. The van der Waals surface area contributed by atoms with Crippen molar-refractivity contribution in [2.75, 3.05) is 0 Å². The van der Waals surface area contributed by atoms with Gasteiger partial charge in [0.25, 0.3) is 0 Å². The first kappa shape index (κ1) is 14.7. The van der Waals surface area contributed by atoms with Crippen molar-refractivity contribution in [3.63, 3.8) is 0 Å². The van der Waals surface area contributed by atoms with E-state index in [1.165, 1.54) is 17.6 Å². The molecular formula is C18H20FN3. The Bertz CT molecular complexity index is 747.